The number of benzene rings is 2. The van der Waals surface area contributed by atoms with Gasteiger partial charge < -0.3 is 4.90 Å². The van der Waals surface area contributed by atoms with Crippen molar-refractivity contribution in [1.82, 2.24) is 4.90 Å². The fraction of sp³-hybridized carbons (Fsp3) is 0.278. The minimum absolute atomic E-state index is 0.0313. The maximum Gasteiger partial charge on any atom is 0.254 e. The van der Waals surface area contributed by atoms with E-state index in [2.05, 4.69) is 0 Å². The molecule has 0 spiro atoms. The van der Waals surface area contributed by atoms with Crippen molar-refractivity contribution in [3.63, 3.8) is 0 Å². The van der Waals surface area contributed by atoms with Gasteiger partial charge in [0.2, 0.25) is 0 Å². The molecule has 0 N–H and O–H groups in total. The van der Waals surface area contributed by atoms with E-state index in [1.807, 2.05) is 49.4 Å². The van der Waals surface area contributed by atoms with Gasteiger partial charge in [-0.25, -0.2) is 0 Å². The summed E-state index contributed by atoms with van der Waals surface area (Å²) in [5, 5.41) is 0.665. The number of rotatable bonds is 6. The van der Waals surface area contributed by atoms with Gasteiger partial charge in [-0.1, -0.05) is 35.9 Å². The van der Waals surface area contributed by atoms with Crippen molar-refractivity contribution in [2.45, 2.75) is 19.2 Å². The maximum absolute atomic E-state index is 12.7. The van der Waals surface area contributed by atoms with Crippen molar-refractivity contribution < 1.29 is 9.00 Å². The summed E-state index contributed by atoms with van der Waals surface area (Å²) in [6, 6.07) is 14.9. The predicted octanol–water partition coefficient (Wildman–Crippen LogP) is 3.88. The van der Waals surface area contributed by atoms with Crippen LogP contribution in [0.4, 0.5) is 0 Å². The Morgan fingerprint density at radius 3 is 2.48 bits per heavy atom. The fourth-order valence-electron chi connectivity index (χ4n) is 2.39. The molecule has 5 heteroatoms. The molecule has 2 aromatic carbocycles. The Kier molecular flexibility index (Phi) is 6.37. The number of carbonyl (C=O) groups is 1. The summed E-state index contributed by atoms with van der Waals surface area (Å²) in [6.45, 7) is 3.07. The molecule has 2 rings (SSSR count). The van der Waals surface area contributed by atoms with Gasteiger partial charge in [-0.3, -0.25) is 9.00 Å². The highest BCUT2D eigenvalue weighted by atomic mass is 35.5. The summed E-state index contributed by atoms with van der Waals surface area (Å²) < 4.78 is 11.4. The largest absolute Gasteiger partial charge is 0.335 e. The minimum Gasteiger partial charge on any atom is -0.335 e. The number of hydrogen-bond donors (Lipinski definition) is 0. The van der Waals surface area contributed by atoms with Crippen LogP contribution in [0.5, 0.6) is 0 Å². The topological polar surface area (TPSA) is 37.4 Å². The number of hydrogen-bond acceptors (Lipinski definition) is 2. The van der Waals surface area contributed by atoms with Gasteiger partial charge in [-0.05, 0) is 42.3 Å². The van der Waals surface area contributed by atoms with Crippen LogP contribution in [0, 0.1) is 0 Å². The van der Waals surface area contributed by atoms with Crippen LogP contribution in [-0.2, 0) is 23.1 Å². The number of nitrogens with zero attached hydrogens (tertiary/aromatic N) is 1. The molecule has 0 aliphatic heterocycles. The summed E-state index contributed by atoms with van der Waals surface area (Å²) in [4.78, 5) is 14.5. The molecule has 122 valence electrons. The van der Waals surface area contributed by atoms with E-state index >= 15 is 0 Å². The van der Waals surface area contributed by atoms with Crippen molar-refractivity contribution in [3.8, 4) is 0 Å². The number of amides is 1. The zero-order chi connectivity index (χ0) is 16.8. The normalized spacial score (nSPS) is 12.0. The van der Waals surface area contributed by atoms with Crippen LogP contribution in [-0.4, -0.2) is 27.8 Å². The van der Waals surface area contributed by atoms with Crippen LogP contribution in [0.3, 0.4) is 0 Å². The third-order valence-electron chi connectivity index (χ3n) is 3.48. The van der Waals surface area contributed by atoms with Crippen LogP contribution in [0.25, 0.3) is 0 Å². The number of halogens is 1. The first-order valence-corrected chi connectivity index (χ1v) is 9.52. The predicted molar refractivity (Wildman–Crippen MR) is 96.1 cm³/mol. The molecule has 0 fully saturated rings. The van der Waals surface area contributed by atoms with Crippen LogP contribution in [0.15, 0.2) is 48.5 Å². The molecule has 23 heavy (non-hydrogen) atoms. The van der Waals surface area contributed by atoms with Gasteiger partial charge in [0.05, 0.1) is 0 Å². The molecule has 3 nitrogen and oxygen atoms in total. The standard InChI is InChI=1S/C18H20ClNO2S/c1-3-20(12-14-6-5-9-17(19)11-14)18(21)16-8-4-7-15(10-16)13-23(2)22/h4-11H,3,12-13H2,1-2H3. The lowest BCUT2D eigenvalue weighted by atomic mass is 10.1. The second-order valence-electron chi connectivity index (χ2n) is 5.37. The zero-order valence-electron chi connectivity index (χ0n) is 13.3. The summed E-state index contributed by atoms with van der Waals surface area (Å²) in [7, 11) is -0.924. The molecule has 0 saturated carbocycles. The molecule has 2 aromatic rings. The van der Waals surface area contributed by atoms with Gasteiger partial charge in [0.15, 0.2) is 0 Å². The van der Waals surface area contributed by atoms with Gasteiger partial charge in [-0.15, -0.1) is 0 Å². The molecule has 0 heterocycles. The summed E-state index contributed by atoms with van der Waals surface area (Å²) in [5.41, 5.74) is 2.53. The molecule has 1 amide bonds. The summed E-state index contributed by atoms with van der Waals surface area (Å²) >= 11 is 6.00. The van der Waals surface area contributed by atoms with Gasteiger partial charge in [-0.2, -0.15) is 0 Å². The molecule has 0 aliphatic carbocycles. The van der Waals surface area contributed by atoms with Crippen molar-refractivity contribution >= 4 is 28.3 Å². The highest BCUT2D eigenvalue weighted by Crippen LogP contribution is 2.15. The van der Waals surface area contributed by atoms with E-state index in [-0.39, 0.29) is 5.91 Å². The molecule has 0 aromatic heterocycles. The highest BCUT2D eigenvalue weighted by Gasteiger charge is 2.15. The number of carbonyl (C=O) groups excluding carboxylic acids is 1. The summed E-state index contributed by atoms with van der Waals surface area (Å²) in [6.07, 6.45) is 1.66. The second-order valence-corrected chi connectivity index (χ2v) is 7.24. The average Bonchev–Trinajstić information content (AvgIpc) is 2.51. The Bertz CT molecular complexity index is 718. The second kappa shape index (κ2) is 8.27. The Morgan fingerprint density at radius 2 is 1.83 bits per heavy atom. The first-order chi connectivity index (χ1) is 11.0. The van der Waals surface area contributed by atoms with E-state index in [4.69, 9.17) is 11.6 Å². The highest BCUT2D eigenvalue weighted by molar-refractivity contribution is 7.83. The van der Waals surface area contributed by atoms with Crippen molar-refractivity contribution in [2.24, 2.45) is 0 Å². The quantitative estimate of drug-likeness (QED) is 0.793. The molecule has 1 atom stereocenters. The van der Waals surface area contributed by atoms with Gasteiger partial charge in [0.1, 0.15) is 0 Å². The molecular formula is C18H20ClNO2S. The van der Waals surface area contributed by atoms with Crippen LogP contribution >= 0.6 is 11.6 Å². The van der Waals surface area contributed by atoms with Crippen molar-refractivity contribution in [3.05, 3.63) is 70.2 Å². The van der Waals surface area contributed by atoms with E-state index in [1.165, 1.54) is 0 Å². The van der Waals surface area contributed by atoms with E-state index in [0.29, 0.717) is 29.4 Å². The Morgan fingerprint density at radius 1 is 1.13 bits per heavy atom. The van der Waals surface area contributed by atoms with E-state index in [0.717, 1.165) is 11.1 Å². The third kappa shape index (κ3) is 5.19. The minimum atomic E-state index is -0.924. The van der Waals surface area contributed by atoms with E-state index in [9.17, 15) is 9.00 Å². The van der Waals surface area contributed by atoms with Gasteiger partial charge >= 0.3 is 0 Å². The van der Waals surface area contributed by atoms with E-state index in [1.54, 1.807) is 17.2 Å². The van der Waals surface area contributed by atoms with Crippen LogP contribution < -0.4 is 0 Å². The fourth-order valence-corrected chi connectivity index (χ4v) is 3.26. The third-order valence-corrected chi connectivity index (χ3v) is 4.45. The Balaban J connectivity index is 2.17. The lowest BCUT2D eigenvalue weighted by molar-refractivity contribution is 0.0752. The lowest BCUT2D eigenvalue weighted by Gasteiger charge is -2.21. The average molecular weight is 350 g/mol. The molecule has 0 bridgehead atoms. The first kappa shape index (κ1) is 17.7. The smallest absolute Gasteiger partial charge is 0.254 e. The van der Waals surface area contributed by atoms with Crippen LogP contribution in [0.1, 0.15) is 28.4 Å². The maximum atomic E-state index is 12.7. The monoisotopic (exact) mass is 349 g/mol. The van der Waals surface area contributed by atoms with Gasteiger partial charge in [0.25, 0.3) is 5.91 Å². The molecular weight excluding hydrogens is 330 g/mol. The van der Waals surface area contributed by atoms with Crippen LogP contribution in [0.2, 0.25) is 5.02 Å². The lowest BCUT2D eigenvalue weighted by Crippen LogP contribution is -2.30. The molecule has 0 saturated heterocycles. The summed E-state index contributed by atoms with van der Waals surface area (Å²) in [5.74, 6) is 0.429. The zero-order valence-corrected chi connectivity index (χ0v) is 14.9. The Labute approximate surface area is 144 Å². The van der Waals surface area contributed by atoms with Crippen molar-refractivity contribution in [2.75, 3.05) is 12.8 Å². The van der Waals surface area contributed by atoms with E-state index < -0.39 is 10.8 Å². The first-order valence-electron chi connectivity index (χ1n) is 7.42. The van der Waals surface area contributed by atoms with Crippen molar-refractivity contribution in [1.29, 1.82) is 0 Å². The Hall–Kier alpha value is -1.65. The SMILES string of the molecule is CCN(Cc1cccc(Cl)c1)C(=O)c1cccc(CS(C)=O)c1. The molecule has 0 radical (unpaired) electrons. The molecule has 0 aliphatic rings. The van der Waals surface area contributed by atoms with Gasteiger partial charge in [0, 0.05) is 46.5 Å². The molecule has 1 unspecified atom stereocenters.